The van der Waals surface area contributed by atoms with Crippen LogP contribution >= 0.6 is 0 Å². The lowest BCUT2D eigenvalue weighted by Gasteiger charge is -2.08. The summed E-state index contributed by atoms with van der Waals surface area (Å²) in [7, 11) is 1.89. The SMILES string of the molecule is CCCC(=O)NCCOCCOCCOCCOCCOCCNC.[HH].[HH]. The van der Waals surface area contributed by atoms with Gasteiger partial charge in [-0.25, -0.2) is 0 Å². The van der Waals surface area contributed by atoms with E-state index in [1.165, 1.54) is 0 Å². The van der Waals surface area contributed by atoms with Crippen molar-refractivity contribution < 1.29 is 31.3 Å². The second-order valence-corrected chi connectivity index (χ2v) is 5.27. The van der Waals surface area contributed by atoms with Crippen LogP contribution in [0.5, 0.6) is 0 Å². The summed E-state index contributed by atoms with van der Waals surface area (Å²) >= 11 is 0. The summed E-state index contributed by atoms with van der Waals surface area (Å²) in [6, 6.07) is 0. The van der Waals surface area contributed by atoms with Crippen molar-refractivity contribution >= 4 is 5.91 Å². The van der Waals surface area contributed by atoms with E-state index in [1.54, 1.807) is 0 Å². The van der Waals surface area contributed by atoms with Gasteiger partial charge in [0, 0.05) is 22.4 Å². The van der Waals surface area contributed by atoms with Gasteiger partial charge in [-0.3, -0.25) is 4.79 Å². The number of carbonyl (C=O) groups excluding carboxylic acids is 1. The van der Waals surface area contributed by atoms with Crippen molar-refractivity contribution in [3.8, 4) is 0 Å². The number of hydrogen-bond donors (Lipinski definition) is 2. The number of nitrogens with one attached hydrogen (secondary N) is 2. The topological polar surface area (TPSA) is 87.3 Å². The first-order chi connectivity index (χ1) is 12.3. The number of ether oxygens (including phenoxy) is 5. The molecule has 8 heteroatoms. The first kappa shape index (κ1) is 24.2. The Labute approximate surface area is 154 Å². The van der Waals surface area contributed by atoms with Crippen LogP contribution in [0, 0.1) is 0 Å². The first-order valence-electron chi connectivity index (χ1n) is 9.11. The molecule has 0 aliphatic rings. The molecule has 0 heterocycles. The summed E-state index contributed by atoms with van der Waals surface area (Å²) in [4.78, 5) is 11.2. The average molecular weight is 369 g/mol. The third-order valence-electron chi connectivity index (χ3n) is 3.03. The van der Waals surface area contributed by atoms with E-state index >= 15 is 0 Å². The third kappa shape index (κ3) is 21.2. The van der Waals surface area contributed by atoms with E-state index < -0.39 is 0 Å². The molecule has 25 heavy (non-hydrogen) atoms. The van der Waals surface area contributed by atoms with Gasteiger partial charge in [-0.1, -0.05) is 6.92 Å². The van der Waals surface area contributed by atoms with Crippen LogP contribution in [0.1, 0.15) is 22.6 Å². The van der Waals surface area contributed by atoms with Gasteiger partial charge in [0.2, 0.25) is 5.91 Å². The van der Waals surface area contributed by atoms with E-state index in [0.29, 0.717) is 79.0 Å². The molecular weight excluding hydrogens is 328 g/mol. The number of likely N-dealkylation sites (N-methyl/N-ethyl adjacent to an activating group) is 1. The fourth-order valence-corrected chi connectivity index (χ4v) is 1.73. The van der Waals surface area contributed by atoms with Crippen molar-refractivity contribution in [3.05, 3.63) is 0 Å². The number of hydrogen-bond acceptors (Lipinski definition) is 7. The Kier molecular flexibility index (Phi) is 20.6. The summed E-state index contributed by atoms with van der Waals surface area (Å²) in [6.07, 6.45) is 1.43. The van der Waals surface area contributed by atoms with Crippen molar-refractivity contribution in [2.45, 2.75) is 19.8 Å². The predicted molar refractivity (Wildman–Crippen MR) is 100 cm³/mol. The lowest BCUT2D eigenvalue weighted by atomic mass is 10.3. The molecule has 0 aromatic heterocycles. The third-order valence-corrected chi connectivity index (χ3v) is 3.03. The quantitative estimate of drug-likeness (QED) is 0.306. The summed E-state index contributed by atoms with van der Waals surface area (Å²) in [5, 5.41) is 5.80. The van der Waals surface area contributed by atoms with Crippen LogP contribution in [0.3, 0.4) is 0 Å². The lowest BCUT2D eigenvalue weighted by Crippen LogP contribution is -2.27. The highest BCUT2D eigenvalue weighted by molar-refractivity contribution is 5.75. The van der Waals surface area contributed by atoms with Crippen LogP contribution in [0.2, 0.25) is 0 Å². The fraction of sp³-hybridized carbons (Fsp3) is 0.941. The van der Waals surface area contributed by atoms with Crippen LogP contribution in [-0.4, -0.2) is 92.1 Å². The standard InChI is InChI=1S/C17H36N2O6.2H2/c1-3-4-17(20)19-6-8-22-10-12-24-14-16-25-15-13-23-11-9-21-7-5-18-2;;/h18H,3-16H2,1-2H3,(H,19,20);2*1H. The second kappa shape index (κ2) is 21.3. The highest BCUT2D eigenvalue weighted by atomic mass is 16.6. The molecule has 0 aromatic carbocycles. The summed E-state index contributed by atoms with van der Waals surface area (Å²) in [6.45, 7) is 8.98. The molecule has 0 saturated carbocycles. The van der Waals surface area contributed by atoms with Gasteiger partial charge in [-0.15, -0.1) is 0 Å². The summed E-state index contributed by atoms with van der Waals surface area (Å²) < 4.78 is 26.8. The molecule has 2 N–H and O–H groups in total. The Bertz CT molecular complexity index is 292. The van der Waals surface area contributed by atoms with Crippen LogP contribution in [0.4, 0.5) is 0 Å². The molecule has 0 saturated heterocycles. The Morgan fingerprint density at radius 1 is 0.720 bits per heavy atom. The van der Waals surface area contributed by atoms with E-state index in [-0.39, 0.29) is 8.76 Å². The monoisotopic (exact) mass is 368 g/mol. The van der Waals surface area contributed by atoms with Gasteiger partial charge in [0.1, 0.15) is 0 Å². The van der Waals surface area contributed by atoms with Crippen LogP contribution < -0.4 is 10.6 Å². The van der Waals surface area contributed by atoms with Crippen molar-refractivity contribution in [1.82, 2.24) is 10.6 Å². The number of amides is 1. The normalized spacial score (nSPS) is 11.0. The maximum Gasteiger partial charge on any atom is 0.220 e. The van der Waals surface area contributed by atoms with Crippen LogP contribution in [0.25, 0.3) is 0 Å². The fourth-order valence-electron chi connectivity index (χ4n) is 1.73. The zero-order valence-corrected chi connectivity index (χ0v) is 15.8. The minimum Gasteiger partial charge on any atom is -0.378 e. The Morgan fingerprint density at radius 3 is 1.52 bits per heavy atom. The summed E-state index contributed by atoms with van der Waals surface area (Å²) in [5.74, 6) is 0.0739. The van der Waals surface area contributed by atoms with E-state index in [4.69, 9.17) is 23.7 Å². The molecule has 8 nitrogen and oxygen atoms in total. The van der Waals surface area contributed by atoms with Crippen molar-refractivity contribution in [2.75, 3.05) is 86.2 Å². The van der Waals surface area contributed by atoms with E-state index in [0.717, 1.165) is 13.0 Å². The van der Waals surface area contributed by atoms with Crippen molar-refractivity contribution in [3.63, 3.8) is 0 Å². The van der Waals surface area contributed by atoms with Crippen molar-refractivity contribution in [1.29, 1.82) is 0 Å². The molecule has 0 spiro atoms. The minimum absolute atomic E-state index is 0. The first-order valence-corrected chi connectivity index (χ1v) is 9.11. The van der Waals surface area contributed by atoms with Gasteiger partial charge in [0.25, 0.3) is 0 Å². The molecular formula is C17H40N2O6. The number of rotatable bonds is 20. The van der Waals surface area contributed by atoms with Gasteiger partial charge in [0.05, 0.1) is 66.1 Å². The van der Waals surface area contributed by atoms with E-state index in [2.05, 4.69) is 10.6 Å². The molecule has 0 unspecified atom stereocenters. The molecule has 0 atom stereocenters. The Hall–Kier alpha value is -0.770. The Balaban J connectivity index is -0.00000288. The zero-order valence-electron chi connectivity index (χ0n) is 15.8. The number of carbonyl (C=O) groups is 1. The molecule has 0 fully saturated rings. The maximum absolute atomic E-state index is 11.2. The maximum atomic E-state index is 11.2. The highest BCUT2D eigenvalue weighted by Gasteiger charge is 1.97. The highest BCUT2D eigenvalue weighted by Crippen LogP contribution is 1.86. The van der Waals surface area contributed by atoms with Crippen molar-refractivity contribution in [2.24, 2.45) is 0 Å². The summed E-state index contributed by atoms with van der Waals surface area (Å²) in [5.41, 5.74) is 0. The molecule has 0 aliphatic heterocycles. The van der Waals surface area contributed by atoms with E-state index in [9.17, 15) is 4.79 Å². The molecule has 0 rings (SSSR count). The molecule has 0 aliphatic carbocycles. The lowest BCUT2D eigenvalue weighted by molar-refractivity contribution is -0.121. The van der Waals surface area contributed by atoms with E-state index in [1.807, 2.05) is 14.0 Å². The second-order valence-electron chi connectivity index (χ2n) is 5.27. The molecule has 0 bridgehead atoms. The van der Waals surface area contributed by atoms with Crippen LogP contribution in [0.15, 0.2) is 0 Å². The zero-order chi connectivity index (χ0) is 18.4. The van der Waals surface area contributed by atoms with Gasteiger partial charge in [-0.05, 0) is 13.5 Å². The molecule has 0 radical (unpaired) electrons. The van der Waals surface area contributed by atoms with Gasteiger partial charge in [-0.2, -0.15) is 0 Å². The van der Waals surface area contributed by atoms with Crippen LogP contribution in [-0.2, 0) is 28.5 Å². The molecule has 0 aromatic rings. The smallest absolute Gasteiger partial charge is 0.220 e. The predicted octanol–water partition coefficient (Wildman–Crippen LogP) is 0.697. The largest absolute Gasteiger partial charge is 0.378 e. The minimum atomic E-state index is 0. The molecule has 1 amide bonds. The van der Waals surface area contributed by atoms with Gasteiger partial charge < -0.3 is 34.3 Å². The molecule has 154 valence electrons. The van der Waals surface area contributed by atoms with Gasteiger partial charge in [0.15, 0.2) is 0 Å². The average Bonchev–Trinajstić information content (AvgIpc) is 2.61. The Morgan fingerprint density at radius 2 is 1.12 bits per heavy atom. The van der Waals surface area contributed by atoms with Gasteiger partial charge >= 0.3 is 0 Å².